The maximum atomic E-state index is 5.44. The molecule has 2 aliphatic heterocycles. The van der Waals surface area contributed by atoms with Gasteiger partial charge in [-0.2, -0.15) is 20.0 Å². The molecule has 9 nitrogen and oxygen atoms in total. The summed E-state index contributed by atoms with van der Waals surface area (Å²) in [5.41, 5.74) is 0. The van der Waals surface area contributed by atoms with Gasteiger partial charge in [0.2, 0.25) is 5.95 Å². The second kappa shape index (κ2) is 8.62. The third kappa shape index (κ3) is 4.54. The predicted molar refractivity (Wildman–Crippen MR) is 103 cm³/mol. The molecule has 1 unspecified atom stereocenters. The van der Waals surface area contributed by atoms with Crippen molar-refractivity contribution >= 4 is 11.8 Å². The molecule has 2 saturated heterocycles. The number of aromatic nitrogens is 5. The summed E-state index contributed by atoms with van der Waals surface area (Å²) in [6.07, 6.45) is 7.67. The highest BCUT2D eigenvalue weighted by Gasteiger charge is 2.25. The summed E-state index contributed by atoms with van der Waals surface area (Å²) in [6, 6.07) is 2.41. The molecule has 0 amide bonds. The summed E-state index contributed by atoms with van der Waals surface area (Å²) in [7, 11) is 2.11. The maximum absolute atomic E-state index is 5.44. The van der Waals surface area contributed by atoms with Gasteiger partial charge in [-0.25, -0.2) is 4.98 Å². The van der Waals surface area contributed by atoms with Crippen molar-refractivity contribution in [2.24, 2.45) is 0 Å². The molecule has 4 rings (SSSR count). The molecule has 2 aromatic heterocycles. The molecular weight excluding hydrogens is 344 g/mol. The van der Waals surface area contributed by atoms with Gasteiger partial charge in [-0.05, 0) is 25.5 Å². The molecule has 27 heavy (non-hydrogen) atoms. The summed E-state index contributed by atoms with van der Waals surface area (Å²) in [6.45, 7) is 7.23. The Morgan fingerprint density at radius 1 is 1.11 bits per heavy atom. The van der Waals surface area contributed by atoms with Crippen LogP contribution in [0.5, 0.6) is 0 Å². The van der Waals surface area contributed by atoms with Gasteiger partial charge in [0.25, 0.3) is 0 Å². The number of piperidine rings is 1. The van der Waals surface area contributed by atoms with Crippen molar-refractivity contribution in [2.75, 3.05) is 62.8 Å². The van der Waals surface area contributed by atoms with E-state index in [1.807, 2.05) is 12.3 Å². The lowest BCUT2D eigenvalue weighted by Crippen LogP contribution is -2.48. The number of nitrogens with zero attached hydrogens (tertiary/aromatic N) is 8. The van der Waals surface area contributed by atoms with Gasteiger partial charge in [-0.3, -0.25) is 4.90 Å². The van der Waals surface area contributed by atoms with E-state index in [9.17, 15) is 0 Å². The van der Waals surface area contributed by atoms with Crippen molar-refractivity contribution in [3.63, 3.8) is 0 Å². The van der Waals surface area contributed by atoms with Crippen LogP contribution in [0.15, 0.2) is 24.7 Å². The topological polar surface area (TPSA) is 75.4 Å². The Hall–Kier alpha value is -2.26. The van der Waals surface area contributed by atoms with Gasteiger partial charge in [0.05, 0.1) is 32.2 Å². The van der Waals surface area contributed by atoms with Crippen molar-refractivity contribution < 1.29 is 4.74 Å². The summed E-state index contributed by atoms with van der Waals surface area (Å²) in [4.78, 5) is 18.1. The molecule has 0 N–H and O–H groups in total. The third-order valence-electron chi connectivity index (χ3n) is 5.39. The van der Waals surface area contributed by atoms with Crippen LogP contribution in [0.25, 0.3) is 0 Å². The first-order valence-electron chi connectivity index (χ1n) is 9.74. The van der Waals surface area contributed by atoms with Crippen LogP contribution in [0.1, 0.15) is 12.8 Å². The molecule has 1 atom stereocenters. The number of anilines is 2. The molecule has 2 aromatic rings. The molecule has 0 spiro atoms. The maximum Gasteiger partial charge on any atom is 0.227 e. The normalized spacial score (nSPS) is 21.4. The first-order valence-corrected chi connectivity index (χ1v) is 9.74. The minimum absolute atomic E-state index is 0.421. The average Bonchev–Trinajstić information content (AvgIpc) is 3.26. The minimum Gasteiger partial charge on any atom is -0.378 e. The van der Waals surface area contributed by atoms with Crippen molar-refractivity contribution in [1.82, 2.24) is 29.9 Å². The number of rotatable bonds is 6. The molecule has 0 radical (unpaired) electrons. The minimum atomic E-state index is 0.421. The largest absolute Gasteiger partial charge is 0.378 e. The highest BCUT2D eigenvalue weighted by atomic mass is 16.5. The smallest absolute Gasteiger partial charge is 0.227 e. The number of morpholine rings is 1. The van der Waals surface area contributed by atoms with E-state index in [-0.39, 0.29) is 0 Å². The standard InChI is InChI=1S/C18H28N8O/c1-23(18-19-5-4-17(22-18)25-11-13-27-14-12-25)16-3-2-8-24(15-16)9-10-26-20-6-7-21-26/h4-7,16H,2-3,8-15H2,1H3. The summed E-state index contributed by atoms with van der Waals surface area (Å²) in [5.74, 6) is 1.80. The van der Waals surface area contributed by atoms with Gasteiger partial charge in [0.15, 0.2) is 0 Å². The first kappa shape index (κ1) is 18.1. The van der Waals surface area contributed by atoms with Crippen LogP contribution in [0.4, 0.5) is 11.8 Å². The number of hydrogen-bond donors (Lipinski definition) is 0. The van der Waals surface area contributed by atoms with E-state index in [0.29, 0.717) is 6.04 Å². The lowest BCUT2D eigenvalue weighted by molar-refractivity contribution is 0.122. The van der Waals surface area contributed by atoms with Crippen LogP contribution >= 0.6 is 0 Å². The number of hydrogen-bond acceptors (Lipinski definition) is 8. The van der Waals surface area contributed by atoms with Gasteiger partial charge in [-0.1, -0.05) is 0 Å². The highest BCUT2D eigenvalue weighted by Crippen LogP contribution is 2.21. The van der Waals surface area contributed by atoms with Crippen LogP contribution in [0.2, 0.25) is 0 Å². The van der Waals surface area contributed by atoms with Crippen LogP contribution in [0, 0.1) is 0 Å². The Labute approximate surface area is 159 Å². The Kier molecular flexibility index (Phi) is 5.78. The van der Waals surface area contributed by atoms with Crippen LogP contribution < -0.4 is 9.80 Å². The molecule has 0 aromatic carbocycles. The van der Waals surface area contributed by atoms with Crippen molar-refractivity contribution in [3.05, 3.63) is 24.7 Å². The zero-order valence-corrected chi connectivity index (χ0v) is 15.9. The van der Waals surface area contributed by atoms with E-state index < -0.39 is 0 Å². The van der Waals surface area contributed by atoms with Crippen LogP contribution in [-0.4, -0.2) is 88.9 Å². The van der Waals surface area contributed by atoms with E-state index in [2.05, 4.69) is 36.9 Å². The Balaban J connectivity index is 1.37. The Morgan fingerprint density at radius 2 is 1.93 bits per heavy atom. The Morgan fingerprint density at radius 3 is 2.74 bits per heavy atom. The molecule has 4 heterocycles. The van der Waals surface area contributed by atoms with Crippen LogP contribution in [-0.2, 0) is 11.3 Å². The summed E-state index contributed by atoms with van der Waals surface area (Å²) < 4.78 is 5.44. The summed E-state index contributed by atoms with van der Waals surface area (Å²) >= 11 is 0. The summed E-state index contributed by atoms with van der Waals surface area (Å²) in [5, 5.41) is 8.38. The van der Waals surface area contributed by atoms with Gasteiger partial charge in [0.1, 0.15) is 5.82 Å². The SMILES string of the molecule is CN(c1nccc(N2CCOCC2)n1)C1CCCN(CCn2nccn2)C1. The fourth-order valence-corrected chi connectivity index (χ4v) is 3.78. The van der Waals surface area contributed by atoms with Gasteiger partial charge < -0.3 is 14.5 Å². The number of likely N-dealkylation sites (N-methyl/N-ethyl adjacent to an activating group) is 1. The molecule has 2 fully saturated rings. The quantitative estimate of drug-likeness (QED) is 0.726. The van der Waals surface area contributed by atoms with E-state index in [1.165, 1.54) is 6.42 Å². The Bertz CT molecular complexity index is 703. The molecule has 0 aliphatic carbocycles. The van der Waals surface area contributed by atoms with Gasteiger partial charge in [-0.15, -0.1) is 0 Å². The average molecular weight is 372 g/mol. The molecule has 2 aliphatic rings. The number of likely N-dealkylation sites (tertiary alicyclic amines) is 1. The second-order valence-corrected chi connectivity index (χ2v) is 7.15. The van der Waals surface area contributed by atoms with Gasteiger partial charge >= 0.3 is 0 Å². The fraction of sp³-hybridized carbons (Fsp3) is 0.667. The lowest BCUT2D eigenvalue weighted by atomic mass is 10.0. The number of ether oxygens (including phenoxy) is 1. The third-order valence-corrected chi connectivity index (χ3v) is 5.39. The van der Waals surface area contributed by atoms with Crippen molar-refractivity contribution in [3.8, 4) is 0 Å². The second-order valence-electron chi connectivity index (χ2n) is 7.15. The van der Waals surface area contributed by atoms with Crippen molar-refractivity contribution in [1.29, 1.82) is 0 Å². The van der Waals surface area contributed by atoms with E-state index in [0.717, 1.165) is 70.7 Å². The highest BCUT2D eigenvalue weighted by molar-refractivity contribution is 5.44. The molecule has 0 saturated carbocycles. The molecule has 9 heteroatoms. The lowest BCUT2D eigenvalue weighted by Gasteiger charge is -2.37. The predicted octanol–water partition coefficient (Wildman–Crippen LogP) is 0.506. The zero-order chi connectivity index (χ0) is 18.5. The monoisotopic (exact) mass is 372 g/mol. The van der Waals surface area contributed by atoms with E-state index >= 15 is 0 Å². The molecule has 0 bridgehead atoms. The van der Waals surface area contributed by atoms with Gasteiger partial charge in [0, 0.05) is 45.5 Å². The first-order chi connectivity index (χ1) is 13.3. The van der Waals surface area contributed by atoms with E-state index in [4.69, 9.17) is 9.72 Å². The zero-order valence-electron chi connectivity index (χ0n) is 15.9. The van der Waals surface area contributed by atoms with E-state index in [1.54, 1.807) is 17.2 Å². The van der Waals surface area contributed by atoms with Crippen LogP contribution in [0.3, 0.4) is 0 Å². The fourth-order valence-electron chi connectivity index (χ4n) is 3.78. The van der Waals surface area contributed by atoms with Crippen molar-refractivity contribution in [2.45, 2.75) is 25.4 Å². The molecular formula is C18H28N8O. The molecule has 146 valence electrons.